The molecule has 0 saturated carbocycles. The van der Waals surface area contributed by atoms with Gasteiger partial charge in [-0.25, -0.2) is 0 Å². The summed E-state index contributed by atoms with van der Waals surface area (Å²) in [4.78, 5) is 0. The van der Waals surface area contributed by atoms with Gasteiger partial charge in [0.15, 0.2) is 11.5 Å². The van der Waals surface area contributed by atoms with Crippen molar-refractivity contribution in [3.8, 4) is 11.5 Å². The van der Waals surface area contributed by atoms with Gasteiger partial charge in [-0.2, -0.15) is 0 Å². The largest absolute Gasteiger partial charge is 0.490 e. The van der Waals surface area contributed by atoms with E-state index >= 15 is 0 Å². The number of benzene rings is 2. The molecule has 0 aliphatic rings. The molecule has 26 heavy (non-hydrogen) atoms. The van der Waals surface area contributed by atoms with E-state index in [0.29, 0.717) is 13.2 Å². The summed E-state index contributed by atoms with van der Waals surface area (Å²) in [6.45, 7) is 7.01. The van der Waals surface area contributed by atoms with Crippen LogP contribution in [0.25, 0.3) is 0 Å². The molecule has 0 aliphatic heterocycles. The SMILES string of the molecule is CCOc1cc(CNCCCCO)cc(Br)c1OCc1cccc(C)c1. The summed E-state index contributed by atoms with van der Waals surface area (Å²) >= 11 is 3.62. The number of rotatable bonds is 11. The van der Waals surface area contributed by atoms with E-state index in [0.717, 1.165) is 53.0 Å². The molecular formula is C21H28BrNO3. The number of nitrogens with one attached hydrogen (secondary N) is 1. The maximum absolute atomic E-state index is 8.83. The Morgan fingerprint density at radius 1 is 1.08 bits per heavy atom. The van der Waals surface area contributed by atoms with E-state index in [9.17, 15) is 0 Å². The molecule has 2 N–H and O–H groups in total. The first kappa shape index (κ1) is 20.7. The van der Waals surface area contributed by atoms with Crippen LogP contribution in [-0.2, 0) is 13.2 Å². The Bertz CT molecular complexity index is 691. The minimum absolute atomic E-state index is 0.245. The Kier molecular flexibility index (Phi) is 8.95. The molecule has 0 aliphatic carbocycles. The second-order valence-electron chi connectivity index (χ2n) is 6.22. The first-order valence-corrected chi connectivity index (χ1v) is 9.88. The number of aryl methyl sites for hydroxylation is 1. The fraction of sp³-hybridized carbons (Fsp3) is 0.429. The van der Waals surface area contributed by atoms with Gasteiger partial charge in [0.2, 0.25) is 0 Å². The number of aliphatic hydroxyl groups excluding tert-OH is 1. The molecule has 0 radical (unpaired) electrons. The summed E-state index contributed by atoms with van der Waals surface area (Å²) < 4.78 is 12.7. The Hall–Kier alpha value is -1.56. The summed E-state index contributed by atoms with van der Waals surface area (Å²) in [5.74, 6) is 1.49. The van der Waals surface area contributed by atoms with Crippen LogP contribution in [0.4, 0.5) is 0 Å². The first-order valence-electron chi connectivity index (χ1n) is 9.09. The molecule has 0 saturated heterocycles. The zero-order valence-electron chi connectivity index (χ0n) is 15.6. The number of hydrogen-bond acceptors (Lipinski definition) is 4. The predicted molar refractivity (Wildman–Crippen MR) is 109 cm³/mol. The van der Waals surface area contributed by atoms with Gasteiger partial charge in [-0.1, -0.05) is 29.8 Å². The molecule has 0 spiro atoms. The Morgan fingerprint density at radius 3 is 2.65 bits per heavy atom. The van der Waals surface area contributed by atoms with Crippen molar-refractivity contribution in [2.75, 3.05) is 19.8 Å². The highest BCUT2D eigenvalue weighted by Gasteiger charge is 2.12. The van der Waals surface area contributed by atoms with Crippen LogP contribution < -0.4 is 14.8 Å². The number of aliphatic hydroxyl groups is 1. The van der Waals surface area contributed by atoms with E-state index in [1.807, 2.05) is 19.1 Å². The molecule has 5 heteroatoms. The molecular weight excluding hydrogens is 394 g/mol. The molecule has 0 bridgehead atoms. The van der Waals surface area contributed by atoms with E-state index in [1.165, 1.54) is 5.56 Å². The number of hydrogen-bond donors (Lipinski definition) is 2. The summed E-state index contributed by atoms with van der Waals surface area (Å²) in [5, 5.41) is 12.2. The van der Waals surface area contributed by atoms with Crippen LogP contribution in [0.5, 0.6) is 11.5 Å². The Morgan fingerprint density at radius 2 is 1.92 bits per heavy atom. The molecule has 0 unspecified atom stereocenters. The average molecular weight is 422 g/mol. The number of unbranched alkanes of at least 4 members (excludes halogenated alkanes) is 1. The second-order valence-corrected chi connectivity index (χ2v) is 7.08. The molecule has 0 aromatic heterocycles. The molecule has 142 valence electrons. The van der Waals surface area contributed by atoms with Crippen molar-refractivity contribution in [2.24, 2.45) is 0 Å². The van der Waals surface area contributed by atoms with Crippen molar-refractivity contribution in [3.63, 3.8) is 0 Å². The second kappa shape index (κ2) is 11.2. The van der Waals surface area contributed by atoms with Gasteiger partial charge in [0.1, 0.15) is 6.61 Å². The van der Waals surface area contributed by atoms with Crippen LogP contribution in [0.15, 0.2) is 40.9 Å². The molecule has 0 heterocycles. The summed E-state index contributed by atoms with van der Waals surface area (Å²) in [7, 11) is 0. The van der Waals surface area contributed by atoms with Crippen LogP contribution in [0.3, 0.4) is 0 Å². The molecule has 2 aromatic carbocycles. The van der Waals surface area contributed by atoms with Crippen LogP contribution in [-0.4, -0.2) is 24.9 Å². The normalized spacial score (nSPS) is 10.8. The van der Waals surface area contributed by atoms with Gasteiger partial charge in [0.25, 0.3) is 0 Å². The Labute approximate surface area is 164 Å². The van der Waals surface area contributed by atoms with Gasteiger partial charge in [0, 0.05) is 13.2 Å². The van der Waals surface area contributed by atoms with Crippen molar-refractivity contribution in [3.05, 3.63) is 57.6 Å². The van der Waals surface area contributed by atoms with Gasteiger partial charge in [-0.3, -0.25) is 0 Å². The summed E-state index contributed by atoms with van der Waals surface area (Å²) in [6, 6.07) is 12.4. The van der Waals surface area contributed by atoms with Gasteiger partial charge in [0.05, 0.1) is 11.1 Å². The zero-order chi connectivity index (χ0) is 18.8. The maximum atomic E-state index is 8.83. The lowest BCUT2D eigenvalue weighted by molar-refractivity contribution is 0.267. The Balaban J connectivity index is 2.05. The standard InChI is InChI=1S/C21H28BrNO3/c1-3-25-20-13-18(14-23-9-4-5-10-24)12-19(22)21(20)26-15-17-8-6-7-16(2)11-17/h6-8,11-13,23-24H,3-5,9-10,14-15H2,1-2H3. The van der Waals surface area contributed by atoms with Crippen molar-refractivity contribution in [1.29, 1.82) is 0 Å². The summed E-state index contributed by atoms with van der Waals surface area (Å²) in [6.07, 6.45) is 1.79. The zero-order valence-corrected chi connectivity index (χ0v) is 17.1. The topological polar surface area (TPSA) is 50.7 Å². The monoisotopic (exact) mass is 421 g/mol. The number of halogens is 1. The van der Waals surface area contributed by atoms with Gasteiger partial charge in [-0.05, 0) is 72.4 Å². The third-order valence-corrected chi connectivity index (χ3v) is 4.51. The van der Waals surface area contributed by atoms with Crippen LogP contribution in [0.1, 0.15) is 36.5 Å². The lowest BCUT2D eigenvalue weighted by Gasteiger charge is -2.16. The van der Waals surface area contributed by atoms with E-state index in [-0.39, 0.29) is 6.61 Å². The van der Waals surface area contributed by atoms with Crippen LogP contribution in [0.2, 0.25) is 0 Å². The van der Waals surface area contributed by atoms with Gasteiger partial charge >= 0.3 is 0 Å². The highest BCUT2D eigenvalue weighted by atomic mass is 79.9. The lowest BCUT2D eigenvalue weighted by atomic mass is 10.1. The van der Waals surface area contributed by atoms with Gasteiger partial charge < -0.3 is 19.9 Å². The van der Waals surface area contributed by atoms with Crippen molar-refractivity contribution < 1.29 is 14.6 Å². The molecule has 0 atom stereocenters. The molecule has 4 nitrogen and oxygen atoms in total. The van der Waals surface area contributed by atoms with Crippen molar-refractivity contribution >= 4 is 15.9 Å². The first-order chi connectivity index (χ1) is 12.6. The third-order valence-electron chi connectivity index (χ3n) is 3.93. The molecule has 0 amide bonds. The number of ether oxygens (including phenoxy) is 2. The summed E-state index contributed by atoms with van der Waals surface area (Å²) in [5.41, 5.74) is 3.49. The highest BCUT2D eigenvalue weighted by Crippen LogP contribution is 2.37. The predicted octanol–water partition coefficient (Wildman–Crippen LogP) is 4.60. The third kappa shape index (κ3) is 6.63. The average Bonchev–Trinajstić information content (AvgIpc) is 2.61. The molecule has 2 rings (SSSR count). The van der Waals surface area contributed by atoms with E-state index in [2.05, 4.69) is 52.4 Å². The highest BCUT2D eigenvalue weighted by molar-refractivity contribution is 9.10. The quantitative estimate of drug-likeness (QED) is 0.520. The van der Waals surface area contributed by atoms with E-state index < -0.39 is 0 Å². The molecule has 2 aromatic rings. The smallest absolute Gasteiger partial charge is 0.175 e. The van der Waals surface area contributed by atoms with Crippen molar-refractivity contribution in [1.82, 2.24) is 5.32 Å². The fourth-order valence-corrected chi connectivity index (χ4v) is 3.28. The maximum Gasteiger partial charge on any atom is 0.175 e. The van der Waals surface area contributed by atoms with Crippen LogP contribution >= 0.6 is 15.9 Å². The lowest BCUT2D eigenvalue weighted by Crippen LogP contribution is -2.15. The van der Waals surface area contributed by atoms with Gasteiger partial charge in [-0.15, -0.1) is 0 Å². The van der Waals surface area contributed by atoms with Crippen LogP contribution in [0, 0.1) is 6.92 Å². The van der Waals surface area contributed by atoms with E-state index in [4.69, 9.17) is 14.6 Å². The minimum Gasteiger partial charge on any atom is -0.490 e. The molecule has 0 fully saturated rings. The van der Waals surface area contributed by atoms with E-state index in [1.54, 1.807) is 0 Å². The van der Waals surface area contributed by atoms with Crippen molar-refractivity contribution in [2.45, 2.75) is 39.8 Å². The minimum atomic E-state index is 0.245. The fourth-order valence-electron chi connectivity index (χ4n) is 2.68.